The summed E-state index contributed by atoms with van der Waals surface area (Å²) in [5.41, 5.74) is 3.29. The molecular weight excluding hydrogens is 298 g/mol. The van der Waals surface area contributed by atoms with E-state index in [2.05, 4.69) is 31.2 Å². The van der Waals surface area contributed by atoms with Gasteiger partial charge >= 0.3 is 0 Å². The van der Waals surface area contributed by atoms with Crippen LogP contribution in [-0.2, 0) is 0 Å². The summed E-state index contributed by atoms with van der Waals surface area (Å²) in [4.78, 5) is 4.45. The van der Waals surface area contributed by atoms with Crippen LogP contribution in [0.5, 0.6) is 0 Å². The molecule has 2 heterocycles. The first-order valence-electron chi connectivity index (χ1n) is 7.58. The van der Waals surface area contributed by atoms with Gasteiger partial charge in [0.05, 0.1) is 12.9 Å². The van der Waals surface area contributed by atoms with Crippen molar-refractivity contribution in [1.82, 2.24) is 31.2 Å². The Kier molecular flexibility index (Phi) is 4.79. The van der Waals surface area contributed by atoms with Crippen LogP contribution in [0.4, 0.5) is 0 Å². The maximum Gasteiger partial charge on any atom is 0.217 e. The molecule has 0 unspecified atom stereocenters. The van der Waals surface area contributed by atoms with Gasteiger partial charge in [0.1, 0.15) is 11.5 Å². The van der Waals surface area contributed by atoms with Crippen molar-refractivity contribution in [1.29, 1.82) is 0 Å². The van der Waals surface area contributed by atoms with Crippen molar-refractivity contribution >= 4 is 5.70 Å². The molecule has 0 aliphatic heterocycles. The van der Waals surface area contributed by atoms with E-state index < -0.39 is 0 Å². The van der Waals surface area contributed by atoms with E-state index in [4.69, 9.17) is 15.4 Å². The normalized spacial score (nSPS) is 15.2. The first-order valence-corrected chi connectivity index (χ1v) is 7.58. The van der Waals surface area contributed by atoms with Crippen molar-refractivity contribution in [2.45, 2.75) is 12.8 Å². The number of nitrogens with zero attached hydrogens (tertiary/aromatic N) is 2. The zero-order valence-corrected chi connectivity index (χ0v) is 12.7. The van der Waals surface area contributed by atoms with E-state index in [-0.39, 0.29) is 6.61 Å². The van der Waals surface area contributed by atoms with E-state index in [1.165, 1.54) is 12.8 Å². The molecule has 1 aliphatic rings. The van der Waals surface area contributed by atoms with Gasteiger partial charge in [0.2, 0.25) is 5.82 Å². The average molecular weight is 319 g/mol. The lowest BCUT2D eigenvalue weighted by Gasteiger charge is -2.16. The molecule has 9 nitrogen and oxygen atoms in total. The van der Waals surface area contributed by atoms with E-state index in [1.54, 1.807) is 18.4 Å². The summed E-state index contributed by atoms with van der Waals surface area (Å²) in [5, 5.41) is 22.4. The van der Waals surface area contributed by atoms with Crippen molar-refractivity contribution in [3.05, 3.63) is 30.0 Å². The Hall–Kier alpha value is -2.52. The molecule has 1 saturated carbocycles. The minimum Gasteiger partial charge on any atom is -0.461 e. The van der Waals surface area contributed by atoms with Gasteiger partial charge in [-0.25, -0.2) is 10.8 Å². The van der Waals surface area contributed by atoms with Gasteiger partial charge in [-0.1, -0.05) is 0 Å². The third-order valence-electron chi connectivity index (χ3n) is 3.54. The Balaban J connectivity index is 1.85. The molecule has 7 N–H and O–H groups in total. The van der Waals surface area contributed by atoms with Gasteiger partial charge in [-0.3, -0.25) is 5.10 Å². The highest BCUT2D eigenvalue weighted by Gasteiger charge is 2.23. The predicted octanol–water partition coefficient (Wildman–Crippen LogP) is -0.264. The average Bonchev–Trinajstić information content (AvgIpc) is 3.04. The number of aromatic amines is 1. The second kappa shape index (κ2) is 7.16. The van der Waals surface area contributed by atoms with E-state index in [0.29, 0.717) is 41.4 Å². The molecule has 2 aromatic heterocycles. The Morgan fingerprint density at radius 3 is 2.96 bits per heavy atom. The molecule has 0 bridgehead atoms. The topological polar surface area (TPSA) is 137 Å². The van der Waals surface area contributed by atoms with Crippen LogP contribution in [0.3, 0.4) is 0 Å². The summed E-state index contributed by atoms with van der Waals surface area (Å²) in [6.45, 7) is 1.19. The first kappa shape index (κ1) is 15.4. The van der Waals surface area contributed by atoms with Crippen LogP contribution in [0.25, 0.3) is 17.3 Å². The number of aromatic nitrogens is 3. The molecule has 124 valence electrons. The molecule has 9 heteroatoms. The van der Waals surface area contributed by atoms with Crippen LogP contribution in [-0.4, -0.2) is 40.0 Å². The van der Waals surface area contributed by atoms with E-state index >= 15 is 0 Å². The molecular formula is C14H21N7O2. The lowest BCUT2D eigenvalue weighted by atomic mass is 10.3. The summed E-state index contributed by atoms with van der Waals surface area (Å²) < 4.78 is 5.30. The molecule has 23 heavy (non-hydrogen) atoms. The van der Waals surface area contributed by atoms with Crippen molar-refractivity contribution < 1.29 is 9.52 Å². The fraction of sp³-hybridized carbons (Fsp3) is 0.429. The Bertz CT molecular complexity index is 646. The summed E-state index contributed by atoms with van der Waals surface area (Å²) in [6, 6.07) is 3.57. The maximum atomic E-state index is 9.00. The van der Waals surface area contributed by atoms with E-state index in [0.717, 1.165) is 6.54 Å². The van der Waals surface area contributed by atoms with Crippen molar-refractivity contribution in [2.24, 2.45) is 11.8 Å². The van der Waals surface area contributed by atoms with Gasteiger partial charge in [-0.05, 0) is 30.9 Å². The molecule has 1 aliphatic carbocycles. The minimum absolute atomic E-state index is 0.00483. The summed E-state index contributed by atoms with van der Waals surface area (Å²) in [5.74, 6) is 8.41. The number of aliphatic hydroxyl groups is 1. The number of nitrogens with one attached hydrogen (secondary N) is 4. The van der Waals surface area contributed by atoms with Gasteiger partial charge in [0.25, 0.3) is 0 Å². The lowest BCUT2D eigenvalue weighted by molar-refractivity contribution is 0.295. The third-order valence-corrected chi connectivity index (χ3v) is 3.54. The number of hydrazine groups is 1. The number of hydrogen-bond donors (Lipinski definition) is 6. The fourth-order valence-corrected chi connectivity index (χ4v) is 2.14. The molecule has 0 radical (unpaired) electrons. The molecule has 0 saturated heterocycles. The zero-order valence-electron chi connectivity index (χ0n) is 12.7. The fourth-order valence-electron chi connectivity index (χ4n) is 2.14. The lowest BCUT2D eigenvalue weighted by Crippen LogP contribution is -2.37. The Morgan fingerprint density at radius 2 is 2.30 bits per heavy atom. The number of nitrogens with two attached hydrogens (primary N) is 1. The van der Waals surface area contributed by atoms with Gasteiger partial charge in [0.15, 0.2) is 11.6 Å². The highest BCUT2D eigenvalue weighted by Crippen LogP contribution is 2.28. The third kappa shape index (κ3) is 3.82. The highest BCUT2D eigenvalue weighted by molar-refractivity contribution is 5.62. The summed E-state index contributed by atoms with van der Waals surface area (Å²) in [7, 11) is 0. The quantitative estimate of drug-likeness (QED) is 0.275. The SMILES string of the molecule is NN/C(NCCO)=C(/NCC1CC1)c1nc(-c2ccco2)n[nH]1. The molecule has 1 fully saturated rings. The Labute approximate surface area is 133 Å². The first-order chi connectivity index (χ1) is 11.3. The smallest absolute Gasteiger partial charge is 0.217 e. The number of H-pyrrole nitrogens is 1. The zero-order chi connectivity index (χ0) is 16.1. The minimum atomic E-state index is -0.00483. The second-order valence-electron chi connectivity index (χ2n) is 5.35. The van der Waals surface area contributed by atoms with Gasteiger partial charge in [0, 0.05) is 13.1 Å². The maximum absolute atomic E-state index is 9.00. The monoisotopic (exact) mass is 319 g/mol. The summed E-state index contributed by atoms with van der Waals surface area (Å²) in [6.07, 6.45) is 4.02. The van der Waals surface area contributed by atoms with Crippen LogP contribution in [0.1, 0.15) is 18.7 Å². The van der Waals surface area contributed by atoms with Crippen LogP contribution in [0.2, 0.25) is 0 Å². The van der Waals surface area contributed by atoms with Crippen LogP contribution in [0.15, 0.2) is 28.6 Å². The van der Waals surface area contributed by atoms with E-state index in [9.17, 15) is 0 Å². The van der Waals surface area contributed by atoms with Crippen LogP contribution >= 0.6 is 0 Å². The molecule has 0 atom stereocenters. The number of hydrogen-bond acceptors (Lipinski definition) is 8. The molecule has 2 aromatic rings. The largest absolute Gasteiger partial charge is 0.461 e. The standard InChI is InChI=1S/C14H21N7O2/c15-19-13(16-5-6-22)11(17-8-9-3-4-9)14-18-12(20-21-14)10-2-1-7-23-10/h1-2,7,9,16-17,19,22H,3-6,8,15H2,(H,18,20,21)/b13-11+. The predicted molar refractivity (Wildman–Crippen MR) is 84.1 cm³/mol. The van der Waals surface area contributed by atoms with Crippen molar-refractivity contribution in [3.63, 3.8) is 0 Å². The van der Waals surface area contributed by atoms with Crippen molar-refractivity contribution in [3.8, 4) is 11.6 Å². The van der Waals surface area contributed by atoms with Crippen LogP contribution < -0.4 is 21.9 Å². The number of furan rings is 1. The Morgan fingerprint density at radius 1 is 1.43 bits per heavy atom. The molecule has 3 rings (SSSR count). The molecule has 0 spiro atoms. The number of rotatable bonds is 9. The van der Waals surface area contributed by atoms with Gasteiger partial charge < -0.3 is 25.6 Å². The molecule has 0 aromatic carbocycles. The molecule has 0 amide bonds. The van der Waals surface area contributed by atoms with Crippen molar-refractivity contribution in [2.75, 3.05) is 19.7 Å². The number of aliphatic hydroxyl groups excluding tert-OH is 1. The van der Waals surface area contributed by atoms with Gasteiger partial charge in [-0.15, -0.1) is 5.10 Å². The second-order valence-corrected chi connectivity index (χ2v) is 5.35. The highest BCUT2D eigenvalue weighted by atomic mass is 16.3. The van der Waals surface area contributed by atoms with Gasteiger partial charge in [-0.2, -0.15) is 0 Å². The summed E-state index contributed by atoms with van der Waals surface area (Å²) >= 11 is 0. The van der Waals surface area contributed by atoms with E-state index in [1.807, 2.05) is 0 Å². The van der Waals surface area contributed by atoms with Crippen LogP contribution in [0, 0.1) is 5.92 Å².